The first-order valence-corrected chi connectivity index (χ1v) is 8.26. The maximum absolute atomic E-state index is 11.8. The van der Waals surface area contributed by atoms with E-state index in [1.807, 2.05) is 6.07 Å². The second kappa shape index (κ2) is 4.25. The van der Waals surface area contributed by atoms with Crippen LogP contribution in [-0.4, -0.2) is 24.2 Å². The van der Waals surface area contributed by atoms with Crippen molar-refractivity contribution >= 4 is 17.2 Å². The Morgan fingerprint density at radius 1 is 1.27 bits per heavy atom. The van der Waals surface area contributed by atoms with Crippen molar-refractivity contribution in [2.24, 2.45) is 11.8 Å². The Balaban J connectivity index is 1.80. The van der Waals surface area contributed by atoms with E-state index in [0.717, 1.165) is 31.5 Å². The summed E-state index contributed by atoms with van der Waals surface area (Å²) in [6, 6.07) is 3.91. The average Bonchev–Trinajstić information content (AvgIpc) is 3.15. The van der Waals surface area contributed by atoms with Gasteiger partial charge in [-0.2, -0.15) is 0 Å². The number of hydrogen-bond donors (Lipinski definition) is 1. The third-order valence-electron chi connectivity index (χ3n) is 5.91. The zero-order chi connectivity index (χ0) is 14.8. The van der Waals surface area contributed by atoms with Crippen LogP contribution in [0.3, 0.4) is 0 Å². The lowest BCUT2D eigenvalue weighted by atomic mass is 9.76. The second-order valence-corrected chi connectivity index (χ2v) is 7.02. The minimum Gasteiger partial charge on any atom is -0.478 e. The van der Waals surface area contributed by atoms with E-state index in [-0.39, 0.29) is 0 Å². The summed E-state index contributed by atoms with van der Waals surface area (Å²) in [6.07, 6.45) is 10.3. The maximum atomic E-state index is 11.8. The second-order valence-electron chi connectivity index (χ2n) is 7.02. The first-order valence-electron chi connectivity index (χ1n) is 8.26. The number of hydrogen-bond acceptors (Lipinski definition) is 2. The van der Waals surface area contributed by atoms with Crippen LogP contribution >= 0.6 is 0 Å². The van der Waals surface area contributed by atoms with Gasteiger partial charge in [0.05, 0.1) is 5.56 Å². The summed E-state index contributed by atoms with van der Waals surface area (Å²) in [5.74, 6) is 0.872. The SMILES string of the molecule is O=C(O)c1ccc2c3c1C1=CCCC1CN3CC1CC=CC21. The molecule has 112 valence electrons. The van der Waals surface area contributed by atoms with E-state index < -0.39 is 5.97 Å². The van der Waals surface area contributed by atoms with Gasteiger partial charge in [0.25, 0.3) is 0 Å². The Kier molecular flexibility index (Phi) is 2.42. The number of anilines is 1. The molecule has 3 heteroatoms. The first-order chi connectivity index (χ1) is 10.7. The topological polar surface area (TPSA) is 40.5 Å². The van der Waals surface area contributed by atoms with Crippen LogP contribution in [0.25, 0.3) is 5.57 Å². The molecule has 0 saturated heterocycles. The highest BCUT2D eigenvalue weighted by Crippen LogP contribution is 2.53. The molecule has 0 fully saturated rings. The number of rotatable bonds is 1. The smallest absolute Gasteiger partial charge is 0.336 e. The van der Waals surface area contributed by atoms with Gasteiger partial charge < -0.3 is 10.0 Å². The van der Waals surface area contributed by atoms with E-state index in [1.165, 1.54) is 23.2 Å². The van der Waals surface area contributed by atoms with Gasteiger partial charge in [-0.3, -0.25) is 0 Å². The number of fused-ring (bicyclic) bond motifs is 4. The van der Waals surface area contributed by atoms with Gasteiger partial charge in [-0.1, -0.05) is 24.3 Å². The average molecular weight is 293 g/mol. The molecule has 0 aromatic heterocycles. The largest absolute Gasteiger partial charge is 0.478 e. The third-order valence-corrected chi connectivity index (χ3v) is 5.91. The molecule has 0 spiro atoms. The predicted molar refractivity (Wildman–Crippen MR) is 86.3 cm³/mol. The van der Waals surface area contributed by atoms with Gasteiger partial charge >= 0.3 is 5.97 Å². The lowest BCUT2D eigenvalue weighted by Crippen LogP contribution is -2.42. The summed E-state index contributed by atoms with van der Waals surface area (Å²) in [7, 11) is 0. The van der Waals surface area contributed by atoms with Crippen molar-refractivity contribution in [3.8, 4) is 0 Å². The highest BCUT2D eigenvalue weighted by atomic mass is 16.4. The predicted octanol–water partition coefficient (Wildman–Crippen LogP) is 3.67. The molecule has 3 atom stereocenters. The zero-order valence-corrected chi connectivity index (χ0v) is 12.5. The summed E-state index contributed by atoms with van der Waals surface area (Å²) in [5.41, 5.74) is 5.37. The van der Waals surface area contributed by atoms with Gasteiger partial charge in [-0.15, -0.1) is 0 Å². The highest BCUT2D eigenvalue weighted by Gasteiger charge is 2.42. The van der Waals surface area contributed by atoms with Crippen LogP contribution in [0.15, 0.2) is 30.4 Å². The molecular weight excluding hydrogens is 274 g/mol. The van der Waals surface area contributed by atoms with Crippen LogP contribution in [-0.2, 0) is 0 Å². The molecule has 3 nitrogen and oxygen atoms in total. The molecule has 0 bridgehead atoms. The van der Waals surface area contributed by atoms with Gasteiger partial charge in [-0.05, 0) is 42.4 Å². The Bertz CT molecular complexity index is 746. The molecule has 3 unspecified atom stereocenters. The molecule has 0 saturated carbocycles. The number of benzene rings is 1. The first kappa shape index (κ1) is 12.5. The normalized spacial score (nSPS) is 30.6. The van der Waals surface area contributed by atoms with Gasteiger partial charge in [0.1, 0.15) is 0 Å². The van der Waals surface area contributed by atoms with E-state index in [4.69, 9.17) is 0 Å². The molecule has 5 rings (SSSR count). The van der Waals surface area contributed by atoms with Crippen LogP contribution < -0.4 is 4.90 Å². The fourth-order valence-corrected chi connectivity index (χ4v) is 5.00. The van der Waals surface area contributed by atoms with Gasteiger partial charge in [-0.25, -0.2) is 4.79 Å². The molecule has 22 heavy (non-hydrogen) atoms. The molecule has 4 aliphatic rings. The molecular formula is C19H19NO2. The minimum absolute atomic E-state index is 0.478. The summed E-state index contributed by atoms with van der Waals surface area (Å²) in [6.45, 7) is 2.14. The molecule has 0 amide bonds. The molecule has 2 aliphatic heterocycles. The summed E-state index contributed by atoms with van der Waals surface area (Å²) < 4.78 is 0. The number of carboxylic acid groups (broad SMARTS) is 1. The molecule has 1 aromatic carbocycles. The molecule has 1 aromatic rings. The summed E-state index contributed by atoms with van der Waals surface area (Å²) in [5, 5.41) is 9.66. The van der Waals surface area contributed by atoms with Crippen molar-refractivity contribution in [3.63, 3.8) is 0 Å². The molecule has 2 aliphatic carbocycles. The minimum atomic E-state index is -0.796. The number of aromatic carboxylic acids is 1. The van der Waals surface area contributed by atoms with Crippen molar-refractivity contribution in [1.82, 2.24) is 0 Å². The zero-order valence-electron chi connectivity index (χ0n) is 12.5. The monoisotopic (exact) mass is 293 g/mol. The Labute approximate surface area is 129 Å². The van der Waals surface area contributed by atoms with E-state index >= 15 is 0 Å². The standard InChI is InChI=1S/C19H19NO2/c21-19(22)16-8-7-15-13-5-1-3-11(13)9-20-10-12-4-2-6-14(12)17(16)18(15)20/h1,5-8,11-13H,2-4,9-10H2,(H,21,22). The molecule has 2 heterocycles. The summed E-state index contributed by atoms with van der Waals surface area (Å²) >= 11 is 0. The lowest BCUT2D eigenvalue weighted by molar-refractivity contribution is 0.0696. The summed E-state index contributed by atoms with van der Waals surface area (Å²) in [4.78, 5) is 14.2. The van der Waals surface area contributed by atoms with Crippen molar-refractivity contribution in [3.05, 3.63) is 47.1 Å². The fraction of sp³-hybridized carbons (Fsp3) is 0.421. The molecule has 1 N–H and O–H groups in total. The lowest BCUT2D eigenvalue weighted by Gasteiger charge is -2.45. The van der Waals surface area contributed by atoms with Crippen LogP contribution in [0.1, 0.15) is 46.7 Å². The Hall–Kier alpha value is -2.03. The fourth-order valence-electron chi connectivity index (χ4n) is 5.00. The van der Waals surface area contributed by atoms with Crippen LogP contribution in [0.2, 0.25) is 0 Å². The van der Waals surface area contributed by atoms with Crippen molar-refractivity contribution in [2.45, 2.75) is 25.2 Å². The number of nitrogens with zero attached hydrogens (tertiary/aromatic N) is 1. The van der Waals surface area contributed by atoms with Gasteiger partial charge in [0.2, 0.25) is 0 Å². The number of allylic oxidation sites excluding steroid dienone is 3. The Morgan fingerprint density at radius 3 is 3.05 bits per heavy atom. The van der Waals surface area contributed by atoms with E-state index in [1.54, 1.807) is 0 Å². The van der Waals surface area contributed by atoms with Crippen LogP contribution in [0, 0.1) is 11.8 Å². The Morgan fingerprint density at radius 2 is 2.18 bits per heavy atom. The van der Waals surface area contributed by atoms with Crippen molar-refractivity contribution in [1.29, 1.82) is 0 Å². The third kappa shape index (κ3) is 1.49. The van der Waals surface area contributed by atoms with Crippen LogP contribution in [0.5, 0.6) is 0 Å². The van der Waals surface area contributed by atoms with Crippen molar-refractivity contribution < 1.29 is 9.90 Å². The number of carboxylic acids is 1. The van der Waals surface area contributed by atoms with E-state index in [0.29, 0.717) is 23.3 Å². The van der Waals surface area contributed by atoms with Gasteiger partial charge in [0.15, 0.2) is 0 Å². The molecule has 0 radical (unpaired) electrons. The van der Waals surface area contributed by atoms with Crippen molar-refractivity contribution in [2.75, 3.05) is 18.0 Å². The highest BCUT2D eigenvalue weighted by molar-refractivity contribution is 6.00. The quantitative estimate of drug-likeness (QED) is 0.803. The van der Waals surface area contributed by atoms with Crippen LogP contribution in [0.4, 0.5) is 5.69 Å². The van der Waals surface area contributed by atoms with E-state index in [2.05, 4.69) is 29.2 Å². The number of carbonyl (C=O) groups is 1. The van der Waals surface area contributed by atoms with Gasteiger partial charge in [0, 0.05) is 36.2 Å². The maximum Gasteiger partial charge on any atom is 0.336 e. The van der Waals surface area contributed by atoms with E-state index in [9.17, 15) is 9.90 Å².